The minimum atomic E-state index is 0.0225. The number of carbonyl (C=O) groups excluding carboxylic acids is 1. The number of hydrogen-bond donors (Lipinski definition) is 1. The molecule has 0 radical (unpaired) electrons. The molecular formula is C13H24N2O. The molecule has 0 aliphatic heterocycles. The Morgan fingerprint density at radius 1 is 1.31 bits per heavy atom. The van der Waals surface area contributed by atoms with Gasteiger partial charge >= 0.3 is 0 Å². The third-order valence-electron chi connectivity index (χ3n) is 3.64. The maximum absolute atomic E-state index is 11.4. The van der Waals surface area contributed by atoms with E-state index in [1.165, 1.54) is 32.1 Å². The molecule has 1 saturated carbocycles. The lowest BCUT2D eigenvalue weighted by molar-refractivity contribution is -0.117. The summed E-state index contributed by atoms with van der Waals surface area (Å²) in [6.07, 6.45) is 9.63. The Labute approximate surface area is 98.9 Å². The van der Waals surface area contributed by atoms with E-state index in [4.69, 9.17) is 0 Å². The predicted molar refractivity (Wildman–Crippen MR) is 67.3 cm³/mol. The number of nitrogens with zero attached hydrogens (tertiary/aromatic N) is 1. The summed E-state index contributed by atoms with van der Waals surface area (Å²) < 4.78 is 0. The zero-order chi connectivity index (χ0) is 12.0. The number of carbonyl (C=O) groups is 1. The zero-order valence-corrected chi connectivity index (χ0v) is 10.8. The Morgan fingerprint density at radius 2 is 1.94 bits per heavy atom. The van der Waals surface area contributed by atoms with Gasteiger partial charge in [-0.05, 0) is 39.9 Å². The number of hydrogen-bond acceptors (Lipinski definition) is 2. The minimum absolute atomic E-state index is 0.0225. The Hall–Kier alpha value is -0.830. The van der Waals surface area contributed by atoms with Crippen molar-refractivity contribution >= 4 is 5.91 Å². The summed E-state index contributed by atoms with van der Waals surface area (Å²) in [5.41, 5.74) is 0.176. The van der Waals surface area contributed by atoms with E-state index in [1.807, 2.05) is 6.92 Å². The third-order valence-corrected chi connectivity index (χ3v) is 3.64. The molecule has 0 bridgehead atoms. The summed E-state index contributed by atoms with van der Waals surface area (Å²) in [4.78, 5) is 13.7. The summed E-state index contributed by atoms with van der Waals surface area (Å²) in [5, 5.41) is 3.01. The van der Waals surface area contributed by atoms with Crippen LogP contribution < -0.4 is 5.32 Å². The van der Waals surface area contributed by atoms with Crippen LogP contribution in [0.3, 0.4) is 0 Å². The quantitative estimate of drug-likeness (QED) is 0.740. The fourth-order valence-electron chi connectivity index (χ4n) is 2.45. The molecule has 0 saturated heterocycles. The van der Waals surface area contributed by atoms with Crippen molar-refractivity contribution in [3.05, 3.63) is 12.2 Å². The second kappa shape index (κ2) is 6.04. The molecule has 1 aliphatic carbocycles. The van der Waals surface area contributed by atoms with Crippen LogP contribution in [0.5, 0.6) is 0 Å². The third kappa shape index (κ3) is 3.34. The largest absolute Gasteiger partial charge is 0.351 e. The van der Waals surface area contributed by atoms with Gasteiger partial charge in [-0.3, -0.25) is 4.79 Å². The van der Waals surface area contributed by atoms with Gasteiger partial charge in [0.05, 0.1) is 0 Å². The van der Waals surface area contributed by atoms with Gasteiger partial charge in [-0.15, -0.1) is 0 Å². The number of likely N-dealkylation sites (N-methyl/N-ethyl adjacent to an activating group) is 1. The number of amides is 1. The second-order valence-electron chi connectivity index (χ2n) is 4.90. The maximum atomic E-state index is 11.4. The van der Waals surface area contributed by atoms with E-state index in [0.717, 1.165) is 6.54 Å². The van der Waals surface area contributed by atoms with Crippen molar-refractivity contribution in [1.82, 2.24) is 10.2 Å². The highest BCUT2D eigenvalue weighted by Gasteiger charge is 2.34. The molecule has 0 spiro atoms. The highest BCUT2D eigenvalue weighted by molar-refractivity contribution is 5.87. The number of rotatable bonds is 4. The summed E-state index contributed by atoms with van der Waals surface area (Å²) in [7, 11) is 4.24. The molecule has 92 valence electrons. The molecular weight excluding hydrogens is 200 g/mol. The standard InChI is InChI=1S/C13H24N2O/c1-4-8-12(16)14-11-13(15(2)3)9-6-5-7-10-13/h4,8H,5-7,9-11H2,1-3H3,(H,14,16). The van der Waals surface area contributed by atoms with E-state index in [1.54, 1.807) is 12.2 Å². The normalized spacial score (nSPS) is 20.2. The van der Waals surface area contributed by atoms with Gasteiger partial charge in [-0.1, -0.05) is 25.3 Å². The van der Waals surface area contributed by atoms with Crippen molar-refractivity contribution < 1.29 is 4.79 Å². The molecule has 1 fully saturated rings. The Balaban J connectivity index is 2.54. The number of nitrogens with one attached hydrogen (secondary N) is 1. The molecule has 0 heterocycles. The van der Waals surface area contributed by atoms with Gasteiger partial charge in [-0.2, -0.15) is 0 Å². The maximum Gasteiger partial charge on any atom is 0.243 e. The van der Waals surface area contributed by atoms with Crippen molar-refractivity contribution in [3.8, 4) is 0 Å². The van der Waals surface area contributed by atoms with Gasteiger partial charge in [0.15, 0.2) is 0 Å². The van der Waals surface area contributed by atoms with E-state index in [-0.39, 0.29) is 11.4 Å². The van der Waals surface area contributed by atoms with Crippen molar-refractivity contribution in [2.45, 2.75) is 44.6 Å². The van der Waals surface area contributed by atoms with E-state index in [9.17, 15) is 4.79 Å². The van der Waals surface area contributed by atoms with E-state index < -0.39 is 0 Å². The Bertz CT molecular complexity index is 253. The van der Waals surface area contributed by atoms with Gasteiger partial charge in [0.2, 0.25) is 5.91 Å². The molecule has 0 unspecified atom stereocenters. The minimum Gasteiger partial charge on any atom is -0.351 e. The van der Waals surface area contributed by atoms with Gasteiger partial charge < -0.3 is 10.2 Å². The van der Waals surface area contributed by atoms with Crippen molar-refractivity contribution in [2.75, 3.05) is 20.6 Å². The number of allylic oxidation sites excluding steroid dienone is 1. The van der Waals surface area contributed by atoms with Crippen LogP contribution in [-0.2, 0) is 4.79 Å². The van der Waals surface area contributed by atoms with Crippen LogP contribution in [0.25, 0.3) is 0 Å². The summed E-state index contributed by atoms with van der Waals surface area (Å²) >= 11 is 0. The SMILES string of the molecule is CC=CC(=O)NCC1(N(C)C)CCCCC1. The van der Waals surface area contributed by atoms with Crippen LogP contribution in [0.2, 0.25) is 0 Å². The molecule has 0 aromatic carbocycles. The van der Waals surface area contributed by atoms with E-state index >= 15 is 0 Å². The fraction of sp³-hybridized carbons (Fsp3) is 0.769. The smallest absolute Gasteiger partial charge is 0.243 e. The summed E-state index contributed by atoms with van der Waals surface area (Å²) in [6.45, 7) is 2.63. The molecule has 3 nitrogen and oxygen atoms in total. The molecule has 0 atom stereocenters. The van der Waals surface area contributed by atoms with Crippen LogP contribution in [0.1, 0.15) is 39.0 Å². The summed E-state index contributed by atoms with van der Waals surface area (Å²) in [5.74, 6) is 0.0225. The van der Waals surface area contributed by atoms with Crippen LogP contribution in [0.15, 0.2) is 12.2 Å². The van der Waals surface area contributed by atoms with Crippen molar-refractivity contribution in [2.24, 2.45) is 0 Å². The first-order chi connectivity index (χ1) is 7.60. The first-order valence-corrected chi connectivity index (χ1v) is 6.19. The van der Waals surface area contributed by atoms with Crippen molar-refractivity contribution in [1.29, 1.82) is 0 Å². The van der Waals surface area contributed by atoms with Crippen LogP contribution in [0.4, 0.5) is 0 Å². The monoisotopic (exact) mass is 224 g/mol. The highest BCUT2D eigenvalue weighted by atomic mass is 16.1. The van der Waals surface area contributed by atoms with Crippen LogP contribution in [-0.4, -0.2) is 37.0 Å². The second-order valence-corrected chi connectivity index (χ2v) is 4.90. The first-order valence-electron chi connectivity index (χ1n) is 6.19. The molecule has 3 heteroatoms. The van der Waals surface area contributed by atoms with Gasteiger partial charge in [0, 0.05) is 12.1 Å². The molecule has 1 amide bonds. The lowest BCUT2D eigenvalue weighted by atomic mass is 9.80. The molecule has 16 heavy (non-hydrogen) atoms. The zero-order valence-electron chi connectivity index (χ0n) is 10.8. The highest BCUT2D eigenvalue weighted by Crippen LogP contribution is 2.31. The van der Waals surface area contributed by atoms with Crippen LogP contribution in [0, 0.1) is 0 Å². The topological polar surface area (TPSA) is 32.3 Å². The van der Waals surface area contributed by atoms with Gasteiger partial charge in [0.25, 0.3) is 0 Å². The lowest BCUT2D eigenvalue weighted by Gasteiger charge is -2.43. The fourth-order valence-corrected chi connectivity index (χ4v) is 2.45. The van der Waals surface area contributed by atoms with Gasteiger partial charge in [0.1, 0.15) is 0 Å². The average Bonchev–Trinajstić information content (AvgIpc) is 2.28. The lowest BCUT2D eigenvalue weighted by Crippen LogP contribution is -2.53. The Morgan fingerprint density at radius 3 is 2.44 bits per heavy atom. The van der Waals surface area contributed by atoms with Crippen molar-refractivity contribution in [3.63, 3.8) is 0 Å². The molecule has 0 aromatic rings. The van der Waals surface area contributed by atoms with Gasteiger partial charge in [-0.25, -0.2) is 0 Å². The average molecular weight is 224 g/mol. The first kappa shape index (κ1) is 13.2. The summed E-state index contributed by atoms with van der Waals surface area (Å²) in [6, 6.07) is 0. The molecule has 1 aliphatic rings. The van der Waals surface area contributed by atoms with E-state index in [2.05, 4.69) is 24.3 Å². The van der Waals surface area contributed by atoms with Crippen LogP contribution >= 0.6 is 0 Å². The predicted octanol–water partition coefficient (Wildman–Crippen LogP) is 1.94. The van der Waals surface area contributed by atoms with E-state index in [0.29, 0.717) is 0 Å². The molecule has 1 rings (SSSR count). The molecule has 1 N–H and O–H groups in total. The molecule has 0 aromatic heterocycles. The Kier molecular flexibility index (Phi) is 5.00.